The van der Waals surface area contributed by atoms with Gasteiger partial charge in [-0.15, -0.1) is 0 Å². The van der Waals surface area contributed by atoms with Crippen LogP contribution in [0.4, 0.5) is 16.8 Å². The first-order valence-corrected chi connectivity index (χ1v) is 10.7. The highest BCUT2D eigenvalue weighted by atomic mass is 32.1. The fourth-order valence-electron chi connectivity index (χ4n) is 2.93. The van der Waals surface area contributed by atoms with Crippen molar-refractivity contribution < 1.29 is 9.53 Å². The summed E-state index contributed by atoms with van der Waals surface area (Å²) in [6.45, 7) is 8.17. The molecule has 1 N–H and O–H groups in total. The zero-order valence-electron chi connectivity index (χ0n) is 17.7. The second-order valence-electron chi connectivity index (χ2n) is 7.10. The maximum atomic E-state index is 11.5. The average Bonchev–Trinajstić information content (AvgIpc) is 3.23. The van der Waals surface area contributed by atoms with Crippen molar-refractivity contribution in [1.29, 1.82) is 5.26 Å². The van der Waals surface area contributed by atoms with Crippen LogP contribution in [0.2, 0.25) is 0 Å². The number of likely N-dealkylation sites (N-methyl/N-ethyl adjacent to an activating group) is 2. The molecule has 3 heterocycles. The van der Waals surface area contributed by atoms with Gasteiger partial charge in [0.15, 0.2) is 11.0 Å². The van der Waals surface area contributed by atoms with E-state index in [1.807, 2.05) is 6.07 Å². The summed E-state index contributed by atoms with van der Waals surface area (Å²) in [5.41, 5.74) is 0. The number of ether oxygens (including phenoxy) is 1. The number of piperazine rings is 1. The average molecular weight is 443 g/mol. The Kier molecular flexibility index (Phi) is 7.88. The Bertz CT molecular complexity index is 949. The van der Waals surface area contributed by atoms with Crippen molar-refractivity contribution in [3.8, 4) is 6.07 Å². The molecular weight excluding hydrogens is 416 g/mol. The molecule has 1 aliphatic heterocycles. The normalized spacial score (nSPS) is 14.2. The molecule has 0 bridgehead atoms. The van der Waals surface area contributed by atoms with E-state index in [1.165, 1.54) is 28.5 Å². The molecule has 0 aliphatic carbocycles. The first kappa shape index (κ1) is 22.6. The molecule has 0 aromatic carbocycles. The predicted octanol–water partition coefficient (Wildman–Crippen LogP) is 1.46. The molecule has 164 valence electrons. The number of amides is 1. The third kappa shape index (κ3) is 6.45. The molecule has 1 aliphatic rings. The molecule has 0 radical (unpaired) electrons. The number of hydrogen-bond donors (Lipinski definition) is 1. The van der Waals surface area contributed by atoms with Crippen LogP contribution in [0.25, 0.3) is 0 Å². The van der Waals surface area contributed by atoms with Crippen molar-refractivity contribution in [3.05, 3.63) is 35.6 Å². The maximum absolute atomic E-state index is 11.5. The van der Waals surface area contributed by atoms with E-state index in [4.69, 9.17) is 10.00 Å². The monoisotopic (exact) mass is 442 g/mol. The number of nitrogens with zero attached hydrogens (tertiary/aromatic N) is 7. The van der Waals surface area contributed by atoms with E-state index in [0.717, 1.165) is 32.0 Å². The highest BCUT2D eigenvalue weighted by molar-refractivity contribution is 7.16. The zero-order chi connectivity index (χ0) is 22.2. The third-order valence-electron chi connectivity index (χ3n) is 4.79. The van der Waals surface area contributed by atoms with Crippen molar-refractivity contribution in [2.45, 2.75) is 6.61 Å². The van der Waals surface area contributed by atoms with Gasteiger partial charge in [-0.25, -0.2) is 15.0 Å². The van der Waals surface area contributed by atoms with Gasteiger partial charge in [-0.05, 0) is 13.1 Å². The summed E-state index contributed by atoms with van der Waals surface area (Å²) in [7, 11) is 3.80. The first-order valence-electron chi connectivity index (χ1n) is 9.88. The molecule has 1 saturated heterocycles. The molecule has 11 heteroatoms. The topological polar surface area (TPSA) is 111 Å². The van der Waals surface area contributed by atoms with Crippen LogP contribution in [-0.4, -0.2) is 84.1 Å². The van der Waals surface area contributed by atoms with Gasteiger partial charge in [-0.3, -0.25) is 4.79 Å². The lowest BCUT2D eigenvalue weighted by atomic mass is 10.3. The first-order chi connectivity index (χ1) is 15.0. The summed E-state index contributed by atoms with van der Waals surface area (Å²) in [4.78, 5) is 31.5. The molecule has 2 aromatic rings. The minimum atomic E-state index is -0.149. The van der Waals surface area contributed by atoms with E-state index in [9.17, 15) is 4.79 Å². The molecule has 0 spiro atoms. The van der Waals surface area contributed by atoms with Crippen molar-refractivity contribution in [3.63, 3.8) is 0 Å². The van der Waals surface area contributed by atoms with Crippen LogP contribution in [0.5, 0.6) is 0 Å². The third-order valence-corrected chi connectivity index (χ3v) is 5.61. The van der Waals surface area contributed by atoms with Gasteiger partial charge in [0.1, 0.15) is 29.2 Å². The molecule has 3 rings (SSSR count). The lowest BCUT2D eigenvalue weighted by Gasteiger charge is -2.33. The smallest absolute Gasteiger partial charge is 0.245 e. The fraction of sp³-hybridized carbons (Fsp3) is 0.450. The summed E-state index contributed by atoms with van der Waals surface area (Å²) < 4.78 is 5.71. The molecule has 0 saturated carbocycles. The zero-order valence-corrected chi connectivity index (χ0v) is 18.6. The maximum Gasteiger partial charge on any atom is 0.245 e. The lowest BCUT2D eigenvalue weighted by molar-refractivity contribution is -0.125. The predicted molar refractivity (Wildman–Crippen MR) is 119 cm³/mol. The van der Waals surface area contributed by atoms with E-state index < -0.39 is 0 Å². The number of aromatic nitrogens is 3. The number of hydrogen-bond acceptors (Lipinski definition) is 10. The van der Waals surface area contributed by atoms with Crippen LogP contribution >= 0.6 is 11.3 Å². The number of nitriles is 1. The summed E-state index contributed by atoms with van der Waals surface area (Å²) in [5.74, 6) is 1.80. The number of rotatable bonds is 9. The van der Waals surface area contributed by atoms with Crippen LogP contribution in [0.1, 0.15) is 10.7 Å². The summed E-state index contributed by atoms with van der Waals surface area (Å²) in [6.07, 6.45) is 2.80. The van der Waals surface area contributed by atoms with Crippen LogP contribution < -0.4 is 10.2 Å². The van der Waals surface area contributed by atoms with Gasteiger partial charge >= 0.3 is 0 Å². The van der Waals surface area contributed by atoms with E-state index in [0.29, 0.717) is 34.8 Å². The second kappa shape index (κ2) is 10.8. The molecule has 2 aromatic heterocycles. The van der Waals surface area contributed by atoms with Crippen molar-refractivity contribution in [2.24, 2.45) is 0 Å². The Labute approximate surface area is 185 Å². The van der Waals surface area contributed by atoms with Gasteiger partial charge < -0.3 is 24.8 Å². The molecular formula is C20H26N8O2S. The van der Waals surface area contributed by atoms with Crippen LogP contribution in [0.3, 0.4) is 0 Å². The Morgan fingerprint density at radius 1 is 1.42 bits per heavy atom. The fourth-order valence-corrected chi connectivity index (χ4v) is 3.55. The van der Waals surface area contributed by atoms with Gasteiger partial charge in [-0.2, -0.15) is 5.26 Å². The summed E-state index contributed by atoms with van der Waals surface area (Å²) in [6, 6.07) is 3.97. The van der Waals surface area contributed by atoms with E-state index in [-0.39, 0.29) is 12.5 Å². The van der Waals surface area contributed by atoms with Gasteiger partial charge in [0.05, 0.1) is 12.8 Å². The van der Waals surface area contributed by atoms with Gasteiger partial charge in [0.2, 0.25) is 5.91 Å². The quantitative estimate of drug-likeness (QED) is 0.456. The van der Waals surface area contributed by atoms with Gasteiger partial charge in [-0.1, -0.05) is 17.9 Å². The Morgan fingerprint density at radius 3 is 2.87 bits per heavy atom. The highest BCUT2D eigenvalue weighted by Gasteiger charge is 2.18. The Balaban J connectivity index is 1.70. The molecule has 1 amide bonds. The van der Waals surface area contributed by atoms with Gasteiger partial charge in [0.25, 0.3) is 0 Å². The van der Waals surface area contributed by atoms with Crippen LogP contribution in [0, 0.1) is 11.3 Å². The standard InChI is InChI=1S/C20H26N8O2S/c1-4-19(29)27(3)9-10-30-14-17-23-16(25-20-22-13-15(12-21)31-20)11-18(24-17)28-7-5-26(2)6-8-28/h4,11,13H,1,5-10,14H2,2-3H3,(H,22,23,24,25). The Morgan fingerprint density at radius 2 is 2.19 bits per heavy atom. The Hall–Kier alpha value is -3.07. The SMILES string of the molecule is C=CC(=O)N(C)CCOCc1nc(Nc2ncc(C#N)s2)cc(N2CCN(C)CC2)n1. The number of carbonyl (C=O) groups is 1. The van der Waals surface area contributed by atoms with Gasteiger partial charge in [0, 0.05) is 45.8 Å². The highest BCUT2D eigenvalue weighted by Crippen LogP contribution is 2.24. The van der Waals surface area contributed by atoms with Crippen LogP contribution in [-0.2, 0) is 16.1 Å². The molecule has 31 heavy (non-hydrogen) atoms. The van der Waals surface area contributed by atoms with Crippen LogP contribution in [0.15, 0.2) is 24.9 Å². The number of nitrogens with one attached hydrogen (secondary N) is 1. The second-order valence-corrected chi connectivity index (χ2v) is 8.13. The summed E-state index contributed by atoms with van der Waals surface area (Å²) >= 11 is 1.26. The molecule has 0 atom stereocenters. The van der Waals surface area contributed by atoms with E-state index >= 15 is 0 Å². The summed E-state index contributed by atoms with van der Waals surface area (Å²) in [5, 5.41) is 12.8. The number of carbonyl (C=O) groups excluding carboxylic acids is 1. The lowest BCUT2D eigenvalue weighted by Crippen LogP contribution is -2.45. The molecule has 10 nitrogen and oxygen atoms in total. The number of thiazole rings is 1. The molecule has 0 unspecified atom stereocenters. The van der Waals surface area contributed by atoms with E-state index in [2.05, 4.69) is 49.8 Å². The minimum absolute atomic E-state index is 0.149. The molecule has 1 fully saturated rings. The largest absolute Gasteiger partial charge is 0.372 e. The van der Waals surface area contributed by atoms with E-state index in [1.54, 1.807) is 7.05 Å². The number of anilines is 3. The van der Waals surface area contributed by atoms with Crippen molar-refractivity contribution in [1.82, 2.24) is 24.8 Å². The minimum Gasteiger partial charge on any atom is -0.372 e. The van der Waals surface area contributed by atoms with Crippen molar-refractivity contribution >= 4 is 34.0 Å². The van der Waals surface area contributed by atoms with Crippen molar-refractivity contribution in [2.75, 3.05) is 63.6 Å².